The molecule has 2 rings (SSSR count). The van der Waals surface area contributed by atoms with Crippen LogP contribution in [0.5, 0.6) is 0 Å². The molecule has 1 fully saturated rings. The van der Waals surface area contributed by atoms with Gasteiger partial charge in [0.1, 0.15) is 0 Å². The van der Waals surface area contributed by atoms with Gasteiger partial charge in [0.15, 0.2) is 0 Å². The number of nitrogens with one attached hydrogen (secondary N) is 1. The van der Waals surface area contributed by atoms with Gasteiger partial charge in [-0.1, -0.05) is 0 Å². The molecule has 1 amide bonds. The number of nitrogens with two attached hydrogens (primary N) is 1. The van der Waals surface area contributed by atoms with Crippen molar-refractivity contribution in [2.24, 2.45) is 0 Å². The highest BCUT2D eigenvalue weighted by Gasteiger charge is 2.27. The molecule has 1 heterocycles. The molecule has 0 atom stereocenters. The van der Waals surface area contributed by atoms with Gasteiger partial charge in [0.25, 0.3) is 5.91 Å². The van der Waals surface area contributed by atoms with Gasteiger partial charge in [0.05, 0.1) is 0 Å². The van der Waals surface area contributed by atoms with Gasteiger partial charge >= 0.3 is 0 Å². The van der Waals surface area contributed by atoms with Gasteiger partial charge in [-0.25, -0.2) is 0 Å². The Kier molecular flexibility index (Phi) is 4.94. The van der Waals surface area contributed by atoms with Crippen LogP contribution in [0, 0.1) is 0 Å². The minimum absolute atomic E-state index is 0.0232. The van der Waals surface area contributed by atoms with Crippen LogP contribution in [-0.4, -0.2) is 35.5 Å². The lowest BCUT2D eigenvalue weighted by Crippen LogP contribution is -2.50. The van der Waals surface area contributed by atoms with E-state index in [-0.39, 0.29) is 17.5 Å². The van der Waals surface area contributed by atoms with Crippen molar-refractivity contribution >= 4 is 27.5 Å². The number of hydrogen-bond acceptors (Lipinski definition) is 3. The molecule has 0 saturated carbocycles. The molecule has 0 aromatic heterocycles. The maximum absolute atomic E-state index is 12.3. The minimum Gasteiger partial charge on any atom is -0.398 e. The van der Waals surface area contributed by atoms with Gasteiger partial charge < -0.3 is 11.1 Å². The van der Waals surface area contributed by atoms with Crippen molar-refractivity contribution in [3.05, 3.63) is 28.2 Å². The van der Waals surface area contributed by atoms with Gasteiger partial charge in [0, 0.05) is 40.4 Å². The van der Waals surface area contributed by atoms with Gasteiger partial charge in [-0.05, 0) is 67.7 Å². The molecule has 4 nitrogen and oxygen atoms in total. The number of carbonyl (C=O) groups excluding carboxylic acids is 1. The van der Waals surface area contributed by atoms with E-state index in [1.165, 1.54) is 0 Å². The van der Waals surface area contributed by atoms with Crippen LogP contribution in [0.4, 0.5) is 5.69 Å². The highest BCUT2D eigenvalue weighted by molar-refractivity contribution is 9.10. The van der Waals surface area contributed by atoms with Crippen LogP contribution < -0.4 is 11.1 Å². The summed E-state index contributed by atoms with van der Waals surface area (Å²) in [6.45, 7) is 8.76. The Morgan fingerprint density at radius 2 is 1.95 bits per heavy atom. The van der Waals surface area contributed by atoms with Gasteiger partial charge in [0.2, 0.25) is 0 Å². The molecule has 3 N–H and O–H groups in total. The Balaban J connectivity index is 1.91. The second-order valence-corrected chi connectivity index (χ2v) is 7.50. The van der Waals surface area contributed by atoms with Crippen molar-refractivity contribution in [3.63, 3.8) is 0 Å². The first-order chi connectivity index (χ1) is 9.77. The lowest BCUT2D eigenvalue weighted by atomic mass is 9.98. The average molecular weight is 354 g/mol. The highest BCUT2D eigenvalue weighted by Crippen LogP contribution is 2.22. The SMILES string of the molecule is CC(C)(C)N1CCC(NC(=O)c2ccc(N)c(Br)c2)CC1. The molecule has 5 heteroatoms. The fourth-order valence-corrected chi connectivity index (χ4v) is 3.01. The predicted octanol–water partition coefficient (Wildman–Crippen LogP) is 3.02. The van der Waals surface area contributed by atoms with Crippen LogP contribution in [0.3, 0.4) is 0 Å². The summed E-state index contributed by atoms with van der Waals surface area (Å²) in [5, 5.41) is 3.13. The van der Waals surface area contributed by atoms with Crippen molar-refractivity contribution < 1.29 is 4.79 Å². The third kappa shape index (κ3) is 4.20. The summed E-state index contributed by atoms with van der Waals surface area (Å²) in [6.07, 6.45) is 2.00. The van der Waals surface area contributed by atoms with Crippen LogP contribution in [0.15, 0.2) is 22.7 Å². The molecular formula is C16H24BrN3O. The number of likely N-dealkylation sites (tertiary alicyclic amines) is 1. The van der Waals surface area contributed by atoms with Crippen LogP contribution in [0.2, 0.25) is 0 Å². The molecule has 116 valence electrons. The molecule has 0 spiro atoms. The average Bonchev–Trinajstić information content (AvgIpc) is 2.41. The molecule has 1 aromatic carbocycles. The van der Waals surface area contributed by atoms with E-state index >= 15 is 0 Å². The third-order valence-electron chi connectivity index (χ3n) is 4.04. The second-order valence-electron chi connectivity index (χ2n) is 6.64. The summed E-state index contributed by atoms with van der Waals surface area (Å²) < 4.78 is 0.762. The number of benzene rings is 1. The zero-order chi connectivity index (χ0) is 15.6. The van der Waals surface area contributed by atoms with Crippen LogP contribution in [0.1, 0.15) is 44.0 Å². The molecule has 21 heavy (non-hydrogen) atoms. The van der Waals surface area contributed by atoms with Crippen LogP contribution in [0.25, 0.3) is 0 Å². The van der Waals surface area contributed by atoms with Crippen molar-refractivity contribution in [2.45, 2.75) is 45.2 Å². The Labute approximate surface area is 135 Å². The zero-order valence-corrected chi connectivity index (χ0v) is 14.5. The summed E-state index contributed by atoms with van der Waals surface area (Å²) in [6, 6.07) is 5.54. The molecule has 1 aromatic rings. The number of hydrogen-bond donors (Lipinski definition) is 2. The lowest BCUT2D eigenvalue weighted by molar-refractivity contribution is 0.0812. The maximum atomic E-state index is 12.3. The smallest absolute Gasteiger partial charge is 0.251 e. The van der Waals surface area contributed by atoms with E-state index in [9.17, 15) is 4.79 Å². The number of amides is 1. The Morgan fingerprint density at radius 3 is 2.48 bits per heavy atom. The number of nitrogens with zero attached hydrogens (tertiary/aromatic N) is 1. The highest BCUT2D eigenvalue weighted by atomic mass is 79.9. The summed E-state index contributed by atoms with van der Waals surface area (Å²) >= 11 is 3.36. The first-order valence-corrected chi connectivity index (χ1v) is 8.17. The van der Waals surface area contributed by atoms with E-state index in [0.29, 0.717) is 11.3 Å². The minimum atomic E-state index is -0.0232. The number of halogens is 1. The standard InChI is InChI=1S/C16H24BrN3O/c1-16(2,3)20-8-6-12(7-9-20)19-15(21)11-4-5-14(18)13(17)10-11/h4-5,10,12H,6-9,18H2,1-3H3,(H,19,21). The number of nitrogen functional groups attached to an aromatic ring is 1. The summed E-state index contributed by atoms with van der Waals surface area (Å²) in [4.78, 5) is 14.7. The molecule has 0 bridgehead atoms. The fourth-order valence-electron chi connectivity index (χ4n) is 2.63. The normalized spacial score (nSPS) is 17.7. The van der Waals surface area contributed by atoms with Crippen molar-refractivity contribution in [2.75, 3.05) is 18.8 Å². The first kappa shape index (κ1) is 16.3. The predicted molar refractivity (Wildman–Crippen MR) is 90.4 cm³/mol. The Bertz CT molecular complexity index is 517. The lowest BCUT2D eigenvalue weighted by Gasteiger charge is -2.41. The quantitative estimate of drug-likeness (QED) is 0.803. The number of piperidine rings is 1. The summed E-state index contributed by atoms with van der Waals surface area (Å²) in [7, 11) is 0. The van der Waals surface area contributed by atoms with E-state index in [2.05, 4.69) is 46.9 Å². The van der Waals surface area contributed by atoms with Crippen molar-refractivity contribution in [1.82, 2.24) is 10.2 Å². The largest absolute Gasteiger partial charge is 0.398 e. The molecule has 0 unspecified atom stereocenters. The third-order valence-corrected chi connectivity index (χ3v) is 4.73. The van der Waals surface area contributed by atoms with E-state index < -0.39 is 0 Å². The first-order valence-electron chi connectivity index (χ1n) is 7.38. The topological polar surface area (TPSA) is 58.4 Å². The number of anilines is 1. The van der Waals surface area contributed by atoms with E-state index in [1.807, 2.05) is 0 Å². The summed E-state index contributed by atoms with van der Waals surface area (Å²) in [5.74, 6) is -0.0232. The van der Waals surface area contributed by atoms with Crippen LogP contribution in [-0.2, 0) is 0 Å². The summed E-state index contributed by atoms with van der Waals surface area (Å²) in [5.41, 5.74) is 7.24. The van der Waals surface area contributed by atoms with Gasteiger partial charge in [-0.2, -0.15) is 0 Å². The maximum Gasteiger partial charge on any atom is 0.251 e. The molecule has 0 aliphatic carbocycles. The monoisotopic (exact) mass is 353 g/mol. The van der Waals surface area contributed by atoms with Crippen molar-refractivity contribution in [3.8, 4) is 0 Å². The van der Waals surface area contributed by atoms with Crippen LogP contribution >= 0.6 is 15.9 Å². The van der Waals surface area contributed by atoms with E-state index in [4.69, 9.17) is 5.73 Å². The zero-order valence-electron chi connectivity index (χ0n) is 12.9. The van der Waals surface area contributed by atoms with E-state index in [0.717, 1.165) is 30.4 Å². The molecule has 0 radical (unpaired) electrons. The molecule has 1 aliphatic heterocycles. The van der Waals surface area contributed by atoms with E-state index in [1.54, 1.807) is 18.2 Å². The fraction of sp³-hybridized carbons (Fsp3) is 0.562. The number of carbonyl (C=O) groups is 1. The molecular weight excluding hydrogens is 330 g/mol. The van der Waals surface area contributed by atoms with Gasteiger partial charge in [-0.3, -0.25) is 9.69 Å². The Hall–Kier alpha value is -1.07. The molecule has 1 aliphatic rings. The molecule has 1 saturated heterocycles. The van der Waals surface area contributed by atoms with Crippen molar-refractivity contribution in [1.29, 1.82) is 0 Å². The number of rotatable bonds is 2. The van der Waals surface area contributed by atoms with Gasteiger partial charge in [-0.15, -0.1) is 0 Å². The Morgan fingerprint density at radius 1 is 1.33 bits per heavy atom. The second kappa shape index (κ2) is 6.36.